The van der Waals surface area contributed by atoms with E-state index in [1.807, 2.05) is 0 Å². The Hall–Kier alpha value is -2.03. The molecule has 2 heterocycles. The molecule has 0 spiro atoms. The van der Waals surface area contributed by atoms with E-state index in [1.165, 1.54) is 0 Å². The summed E-state index contributed by atoms with van der Waals surface area (Å²) >= 11 is 5.48. The first-order valence-electron chi connectivity index (χ1n) is 5.75. The number of nitrogens with one attached hydrogen (secondary N) is 1. The van der Waals surface area contributed by atoms with E-state index in [4.69, 9.17) is 11.6 Å². The lowest BCUT2D eigenvalue weighted by atomic mass is 10.2. The van der Waals surface area contributed by atoms with Gasteiger partial charge in [-0.3, -0.25) is 14.5 Å². The Morgan fingerprint density at radius 1 is 1.24 bits per heavy atom. The van der Waals surface area contributed by atoms with Crippen molar-refractivity contribution in [3.05, 3.63) is 33.2 Å². The van der Waals surface area contributed by atoms with Gasteiger partial charge in [0.1, 0.15) is 5.02 Å². The topological polar surface area (TPSA) is 71.4 Å². The fourth-order valence-corrected chi connectivity index (χ4v) is 2.04. The van der Waals surface area contributed by atoms with Crippen molar-refractivity contribution >= 4 is 23.5 Å². The number of alkyl halides is 3. The first kappa shape index (κ1) is 15.4. The molecular formula is C11H9ClF3N3O3. The summed E-state index contributed by atoms with van der Waals surface area (Å²) in [6.07, 6.45) is -4.05. The summed E-state index contributed by atoms with van der Waals surface area (Å²) in [7, 11) is 0. The molecule has 1 N–H and O–H groups in total. The molecule has 1 fully saturated rings. The Bertz CT molecular complexity index is 640. The van der Waals surface area contributed by atoms with Gasteiger partial charge in [0.25, 0.3) is 5.56 Å². The number of hydrogen-bond acceptors (Lipinski definition) is 3. The van der Waals surface area contributed by atoms with Crippen molar-refractivity contribution < 1.29 is 22.8 Å². The summed E-state index contributed by atoms with van der Waals surface area (Å²) in [4.78, 5) is 35.1. The third-order valence-electron chi connectivity index (χ3n) is 2.87. The molecule has 1 aliphatic heterocycles. The van der Waals surface area contributed by atoms with Gasteiger partial charge in [-0.15, -0.1) is 0 Å². The van der Waals surface area contributed by atoms with Gasteiger partial charge in [-0.1, -0.05) is 11.6 Å². The molecule has 1 saturated heterocycles. The lowest BCUT2D eigenvalue weighted by Crippen LogP contribution is -2.36. The van der Waals surface area contributed by atoms with Crippen LogP contribution < -0.4 is 10.9 Å². The van der Waals surface area contributed by atoms with Crippen LogP contribution in [-0.2, 0) is 17.5 Å². The van der Waals surface area contributed by atoms with Crippen LogP contribution in [0.25, 0.3) is 0 Å². The summed E-state index contributed by atoms with van der Waals surface area (Å²) in [6, 6.07) is -0.111. The maximum atomic E-state index is 12.6. The van der Waals surface area contributed by atoms with E-state index in [1.54, 1.807) is 0 Å². The molecule has 0 unspecified atom stereocenters. The first-order chi connectivity index (χ1) is 9.70. The van der Waals surface area contributed by atoms with Crippen LogP contribution in [0.5, 0.6) is 0 Å². The number of carbonyl (C=O) groups excluding carboxylic acids is 2. The second-order valence-electron chi connectivity index (χ2n) is 4.28. The van der Waals surface area contributed by atoms with Crippen molar-refractivity contribution in [3.63, 3.8) is 0 Å². The van der Waals surface area contributed by atoms with Crippen LogP contribution in [-0.4, -0.2) is 34.5 Å². The summed E-state index contributed by atoms with van der Waals surface area (Å²) in [5, 5.41) is 1.68. The SMILES string of the molecule is O=C1CNC(=O)N1CCn1cc(C(F)(F)F)cc(Cl)c1=O. The van der Waals surface area contributed by atoms with Crippen molar-refractivity contribution in [1.29, 1.82) is 0 Å². The number of pyridine rings is 1. The predicted octanol–water partition coefficient (Wildman–Crippen LogP) is 1.07. The zero-order chi connectivity index (χ0) is 15.8. The Balaban J connectivity index is 2.24. The Kier molecular flexibility index (Phi) is 3.95. The number of nitrogens with zero attached hydrogens (tertiary/aromatic N) is 2. The molecule has 0 atom stereocenters. The second-order valence-corrected chi connectivity index (χ2v) is 4.68. The number of imide groups is 1. The van der Waals surface area contributed by atoms with Crippen molar-refractivity contribution in [2.24, 2.45) is 0 Å². The van der Waals surface area contributed by atoms with Crippen LogP contribution in [0.2, 0.25) is 5.02 Å². The lowest BCUT2D eigenvalue weighted by Gasteiger charge is -2.15. The van der Waals surface area contributed by atoms with E-state index in [2.05, 4.69) is 5.32 Å². The van der Waals surface area contributed by atoms with Gasteiger partial charge < -0.3 is 9.88 Å². The second kappa shape index (κ2) is 5.40. The summed E-state index contributed by atoms with van der Waals surface area (Å²) < 4.78 is 38.7. The minimum Gasteiger partial charge on any atom is -0.329 e. The molecule has 0 bridgehead atoms. The minimum absolute atomic E-state index is 0.170. The largest absolute Gasteiger partial charge is 0.417 e. The van der Waals surface area contributed by atoms with Crippen molar-refractivity contribution in [3.8, 4) is 0 Å². The molecule has 1 aromatic heterocycles. The fourth-order valence-electron chi connectivity index (χ4n) is 1.81. The number of amides is 3. The minimum atomic E-state index is -4.65. The number of carbonyl (C=O) groups is 2. The molecule has 1 aromatic rings. The van der Waals surface area contributed by atoms with E-state index < -0.39 is 34.3 Å². The Morgan fingerprint density at radius 2 is 1.90 bits per heavy atom. The highest BCUT2D eigenvalue weighted by atomic mass is 35.5. The normalized spacial score (nSPS) is 15.5. The highest BCUT2D eigenvalue weighted by molar-refractivity contribution is 6.30. The molecule has 3 amide bonds. The number of urea groups is 1. The molecule has 0 aliphatic carbocycles. The molecule has 0 aromatic carbocycles. The van der Waals surface area contributed by atoms with Crippen molar-refractivity contribution in [1.82, 2.24) is 14.8 Å². The molecule has 21 heavy (non-hydrogen) atoms. The molecule has 114 valence electrons. The van der Waals surface area contributed by atoms with E-state index in [-0.39, 0.29) is 19.6 Å². The van der Waals surface area contributed by atoms with E-state index in [9.17, 15) is 27.6 Å². The van der Waals surface area contributed by atoms with Crippen LogP contribution in [0.3, 0.4) is 0 Å². The van der Waals surface area contributed by atoms with Gasteiger partial charge in [0, 0.05) is 19.3 Å². The average Bonchev–Trinajstić information content (AvgIpc) is 2.70. The van der Waals surface area contributed by atoms with Gasteiger partial charge in [0.2, 0.25) is 5.91 Å². The molecule has 0 saturated carbocycles. The quantitative estimate of drug-likeness (QED) is 0.846. The van der Waals surface area contributed by atoms with E-state index >= 15 is 0 Å². The summed E-state index contributed by atoms with van der Waals surface area (Å²) in [5.74, 6) is -0.508. The molecule has 0 radical (unpaired) electrons. The van der Waals surface area contributed by atoms with Crippen molar-refractivity contribution in [2.45, 2.75) is 12.7 Å². The van der Waals surface area contributed by atoms with Gasteiger partial charge in [0.05, 0.1) is 12.1 Å². The fraction of sp³-hybridized carbons (Fsp3) is 0.364. The maximum Gasteiger partial charge on any atom is 0.417 e. The standard InChI is InChI=1S/C11H9ClF3N3O3/c12-7-3-6(11(13,14)15)5-17(9(7)20)1-2-18-8(19)4-16-10(18)21/h3,5H,1-2,4H2,(H,16,21). The summed E-state index contributed by atoms with van der Waals surface area (Å²) in [6.45, 7) is -0.666. The van der Waals surface area contributed by atoms with Crippen LogP contribution in [0, 0.1) is 0 Å². The van der Waals surface area contributed by atoms with Gasteiger partial charge in [-0.25, -0.2) is 4.79 Å². The van der Waals surface area contributed by atoms with Crippen LogP contribution in [0.1, 0.15) is 5.56 Å². The molecule has 10 heteroatoms. The monoisotopic (exact) mass is 323 g/mol. The molecule has 1 aliphatic rings. The third-order valence-corrected chi connectivity index (χ3v) is 3.14. The smallest absolute Gasteiger partial charge is 0.329 e. The summed E-state index contributed by atoms with van der Waals surface area (Å²) in [5.41, 5.74) is -1.90. The zero-order valence-corrected chi connectivity index (χ0v) is 11.2. The molecular weight excluding hydrogens is 315 g/mol. The predicted molar refractivity (Wildman–Crippen MR) is 65.8 cm³/mol. The highest BCUT2D eigenvalue weighted by Gasteiger charge is 2.32. The Labute approximate surface area is 121 Å². The van der Waals surface area contributed by atoms with Crippen LogP contribution >= 0.6 is 11.6 Å². The maximum absolute atomic E-state index is 12.6. The zero-order valence-electron chi connectivity index (χ0n) is 10.4. The van der Waals surface area contributed by atoms with Gasteiger partial charge in [-0.2, -0.15) is 13.2 Å². The first-order valence-corrected chi connectivity index (χ1v) is 6.13. The van der Waals surface area contributed by atoms with E-state index in [0.29, 0.717) is 12.3 Å². The number of rotatable bonds is 3. The van der Waals surface area contributed by atoms with Crippen LogP contribution in [0.15, 0.2) is 17.1 Å². The lowest BCUT2D eigenvalue weighted by molar-refractivity contribution is -0.138. The van der Waals surface area contributed by atoms with Gasteiger partial charge in [-0.05, 0) is 6.07 Å². The number of aromatic nitrogens is 1. The molecule has 6 nitrogen and oxygen atoms in total. The highest BCUT2D eigenvalue weighted by Crippen LogP contribution is 2.29. The number of halogens is 4. The third kappa shape index (κ3) is 3.18. The Morgan fingerprint density at radius 3 is 2.43 bits per heavy atom. The number of hydrogen-bond donors (Lipinski definition) is 1. The van der Waals surface area contributed by atoms with Gasteiger partial charge in [0.15, 0.2) is 0 Å². The average molecular weight is 324 g/mol. The molecule has 2 rings (SSSR count). The van der Waals surface area contributed by atoms with Gasteiger partial charge >= 0.3 is 12.2 Å². The van der Waals surface area contributed by atoms with Crippen molar-refractivity contribution in [2.75, 3.05) is 13.1 Å². The van der Waals surface area contributed by atoms with Crippen LogP contribution in [0.4, 0.5) is 18.0 Å². The van der Waals surface area contributed by atoms with E-state index in [0.717, 1.165) is 9.47 Å².